The topological polar surface area (TPSA) is 73.3 Å². The highest BCUT2D eigenvalue weighted by molar-refractivity contribution is 7.99. The van der Waals surface area contributed by atoms with Crippen molar-refractivity contribution >= 4 is 20.1 Å². The Hall–Kier alpha value is -0.833. The number of aromatic nitrogens is 2. The Morgan fingerprint density at radius 1 is 1.38 bits per heavy atom. The van der Waals surface area contributed by atoms with Crippen LogP contribution in [0.15, 0.2) is 15.8 Å². The van der Waals surface area contributed by atoms with Gasteiger partial charge in [-0.15, -0.1) is 0 Å². The van der Waals surface area contributed by atoms with Crippen LogP contribution in [-0.4, -0.2) is 41.6 Å². The van der Waals surface area contributed by atoms with Gasteiger partial charge in [0.1, 0.15) is 6.23 Å². The third-order valence-corrected chi connectivity index (χ3v) is 11.9. The van der Waals surface area contributed by atoms with Gasteiger partial charge in [-0.3, -0.25) is 14.3 Å². The lowest BCUT2D eigenvalue weighted by molar-refractivity contribution is -0.0306. The SMILES string of the molecule is CCSC(C)CC1C[C@H](n2cc(C)c(=O)[nH]c2=O)O[C@@H]1CO[Si](C)(C)C(C)(C)C. The number of aromatic amines is 1. The van der Waals surface area contributed by atoms with E-state index in [1.807, 2.05) is 11.8 Å². The molecule has 29 heavy (non-hydrogen) atoms. The fourth-order valence-electron chi connectivity index (χ4n) is 3.47. The van der Waals surface area contributed by atoms with Crippen molar-refractivity contribution in [1.82, 2.24) is 9.55 Å². The normalized spacial score (nSPS) is 24.1. The smallest absolute Gasteiger partial charge is 0.330 e. The summed E-state index contributed by atoms with van der Waals surface area (Å²) in [4.78, 5) is 26.5. The Kier molecular flexibility index (Phi) is 8.04. The molecule has 0 saturated carbocycles. The highest BCUT2D eigenvalue weighted by atomic mass is 32.2. The second-order valence-electron chi connectivity index (χ2n) is 9.68. The zero-order chi connectivity index (χ0) is 22.0. The van der Waals surface area contributed by atoms with Crippen LogP contribution in [0, 0.1) is 12.8 Å². The first-order chi connectivity index (χ1) is 13.4. The van der Waals surface area contributed by atoms with Crippen molar-refractivity contribution < 1.29 is 9.16 Å². The van der Waals surface area contributed by atoms with E-state index < -0.39 is 14.0 Å². The number of aryl methyl sites for hydroxylation is 1. The monoisotopic (exact) mass is 442 g/mol. The van der Waals surface area contributed by atoms with Crippen molar-refractivity contribution in [3.8, 4) is 0 Å². The van der Waals surface area contributed by atoms with E-state index in [0.29, 0.717) is 23.3 Å². The predicted molar refractivity (Wildman–Crippen MR) is 123 cm³/mol. The summed E-state index contributed by atoms with van der Waals surface area (Å²) >= 11 is 1.95. The molecule has 1 aromatic rings. The van der Waals surface area contributed by atoms with Crippen LogP contribution < -0.4 is 11.2 Å². The van der Waals surface area contributed by atoms with Gasteiger partial charge in [-0.05, 0) is 49.6 Å². The average Bonchev–Trinajstić information content (AvgIpc) is 2.98. The van der Waals surface area contributed by atoms with Gasteiger partial charge in [0.25, 0.3) is 5.56 Å². The third-order valence-electron chi connectivity index (χ3n) is 6.32. The maximum Gasteiger partial charge on any atom is 0.330 e. The third kappa shape index (κ3) is 6.09. The number of hydrogen-bond acceptors (Lipinski definition) is 5. The molecule has 2 heterocycles. The molecule has 2 rings (SSSR count). The lowest BCUT2D eigenvalue weighted by atomic mass is 9.95. The highest BCUT2D eigenvalue weighted by Crippen LogP contribution is 2.40. The van der Waals surface area contributed by atoms with Crippen LogP contribution in [0.4, 0.5) is 0 Å². The second-order valence-corrected chi connectivity index (χ2v) is 16.2. The van der Waals surface area contributed by atoms with Crippen LogP contribution in [0.5, 0.6) is 0 Å². The van der Waals surface area contributed by atoms with Crippen molar-refractivity contribution in [2.24, 2.45) is 5.92 Å². The Bertz CT molecular complexity index is 799. The van der Waals surface area contributed by atoms with Crippen molar-refractivity contribution in [2.75, 3.05) is 12.4 Å². The zero-order valence-corrected chi connectivity index (χ0v) is 21.0. The van der Waals surface area contributed by atoms with E-state index in [0.717, 1.165) is 18.6 Å². The van der Waals surface area contributed by atoms with E-state index in [4.69, 9.17) is 9.16 Å². The van der Waals surface area contributed by atoms with Crippen LogP contribution >= 0.6 is 11.8 Å². The molecule has 4 atom stereocenters. The number of nitrogens with zero attached hydrogens (tertiary/aromatic N) is 1. The van der Waals surface area contributed by atoms with E-state index in [9.17, 15) is 9.59 Å². The lowest BCUT2D eigenvalue weighted by Crippen LogP contribution is -2.43. The molecular formula is C21H38N2O4SSi. The minimum absolute atomic E-state index is 0.0480. The first-order valence-electron chi connectivity index (χ1n) is 10.6. The summed E-state index contributed by atoms with van der Waals surface area (Å²) in [5, 5.41) is 0.662. The molecule has 0 aliphatic carbocycles. The average molecular weight is 443 g/mol. The van der Waals surface area contributed by atoms with Crippen LogP contribution in [0.1, 0.15) is 59.3 Å². The summed E-state index contributed by atoms with van der Waals surface area (Å²) in [6.45, 7) is 17.9. The van der Waals surface area contributed by atoms with E-state index in [1.165, 1.54) is 4.57 Å². The summed E-state index contributed by atoms with van der Waals surface area (Å²) in [6, 6.07) is 0. The Morgan fingerprint density at radius 2 is 2.03 bits per heavy atom. The van der Waals surface area contributed by atoms with E-state index in [-0.39, 0.29) is 22.9 Å². The maximum atomic E-state index is 12.4. The molecule has 0 spiro atoms. The summed E-state index contributed by atoms with van der Waals surface area (Å²) < 4.78 is 14.4. The summed E-state index contributed by atoms with van der Waals surface area (Å²) in [5.74, 6) is 1.40. The lowest BCUT2D eigenvalue weighted by Gasteiger charge is -2.37. The summed E-state index contributed by atoms with van der Waals surface area (Å²) in [5.41, 5.74) is -0.237. The first-order valence-corrected chi connectivity index (χ1v) is 14.5. The fraction of sp³-hybridized carbons (Fsp3) is 0.810. The summed E-state index contributed by atoms with van der Waals surface area (Å²) in [7, 11) is -1.89. The molecule has 6 nitrogen and oxygen atoms in total. The van der Waals surface area contributed by atoms with Gasteiger partial charge in [0, 0.05) is 17.0 Å². The quantitative estimate of drug-likeness (QED) is 0.608. The Morgan fingerprint density at radius 3 is 2.62 bits per heavy atom. The first kappa shape index (κ1) is 24.4. The van der Waals surface area contributed by atoms with Crippen molar-refractivity contribution in [3.05, 3.63) is 32.6 Å². The minimum atomic E-state index is -1.89. The Balaban J connectivity index is 2.21. The minimum Gasteiger partial charge on any atom is -0.414 e. The number of H-pyrrole nitrogens is 1. The largest absolute Gasteiger partial charge is 0.414 e. The van der Waals surface area contributed by atoms with Gasteiger partial charge in [-0.1, -0.05) is 34.6 Å². The van der Waals surface area contributed by atoms with Gasteiger partial charge in [-0.2, -0.15) is 11.8 Å². The molecule has 1 aromatic heterocycles. The predicted octanol–water partition coefficient (Wildman–Crippen LogP) is 4.30. The maximum absolute atomic E-state index is 12.4. The van der Waals surface area contributed by atoms with Crippen LogP contribution in [0.3, 0.4) is 0 Å². The molecule has 0 amide bonds. The molecule has 0 aromatic carbocycles. The second kappa shape index (κ2) is 9.54. The zero-order valence-electron chi connectivity index (χ0n) is 19.2. The molecule has 1 N–H and O–H groups in total. The molecule has 166 valence electrons. The van der Waals surface area contributed by atoms with E-state index in [2.05, 4.69) is 52.7 Å². The van der Waals surface area contributed by atoms with Gasteiger partial charge in [0.2, 0.25) is 0 Å². The van der Waals surface area contributed by atoms with Crippen molar-refractivity contribution in [3.63, 3.8) is 0 Å². The standard InChI is InChI=1S/C21H38N2O4SSi/c1-9-28-15(3)10-16-11-18(23-12-14(2)19(24)22-20(23)25)27-17(16)13-26-29(7,8)21(4,5)6/h12,15-18H,9-11,13H2,1-8H3,(H,22,24,25)/t15?,16?,17-,18-/m1/s1. The Labute approximate surface area is 179 Å². The number of thioether (sulfide) groups is 1. The van der Waals surface area contributed by atoms with E-state index >= 15 is 0 Å². The molecule has 1 fully saturated rings. The number of rotatable bonds is 8. The van der Waals surface area contributed by atoms with Gasteiger partial charge in [0.15, 0.2) is 8.32 Å². The molecule has 1 aliphatic rings. The summed E-state index contributed by atoms with van der Waals surface area (Å²) in [6.07, 6.45) is 2.98. The van der Waals surface area contributed by atoms with Gasteiger partial charge in [-0.25, -0.2) is 4.79 Å². The molecule has 2 unspecified atom stereocenters. The van der Waals surface area contributed by atoms with E-state index in [1.54, 1.807) is 13.1 Å². The number of hydrogen-bond donors (Lipinski definition) is 1. The molecule has 0 bridgehead atoms. The van der Waals surface area contributed by atoms with Gasteiger partial charge >= 0.3 is 5.69 Å². The molecule has 1 aliphatic heterocycles. The van der Waals surface area contributed by atoms with Crippen LogP contribution in [0.2, 0.25) is 18.1 Å². The van der Waals surface area contributed by atoms with Gasteiger partial charge in [0.05, 0.1) is 12.7 Å². The van der Waals surface area contributed by atoms with Crippen molar-refractivity contribution in [1.29, 1.82) is 0 Å². The molecule has 1 saturated heterocycles. The fourth-order valence-corrected chi connectivity index (χ4v) is 5.43. The number of ether oxygens (including phenoxy) is 1. The van der Waals surface area contributed by atoms with Crippen LogP contribution in [-0.2, 0) is 9.16 Å². The van der Waals surface area contributed by atoms with Gasteiger partial charge < -0.3 is 9.16 Å². The van der Waals surface area contributed by atoms with Crippen molar-refractivity contribution in [2.45, 2.75) is 90.1 Å². The molecular weight excluding hydrogens is 404 g/mol. The number of nitrogens with one attached hydrogen (secondary N) is 1. The highest BCUT2D eigenvalue weighted by Gasteiger charge is 2.42. The van der Waals surface area contributed by atoms with Crippen LogP contribution in [0.25, 0.3) is 0 Å². The molecule has 8 heteroatoms. The molecule has 0 radical (unpaired) electrons.